The highest BCUT2D eigenvalue weighted by Crippen LogP contribution is 2.20. The lowest BCUT2D eigenvalue weighted by Gasteiger charge is -2.00. The Morgan fingerprint density at radius 1 is 1.53 bits per heavy atom. The monoisotopic (exact) mass is 314 g/mol. The summed E-state index contributed by atoms with van der Waals surface area (Å²) < 4.78 is 14.2. The summed E-state index contributed by atoms with van der Waals surface area (Å²) in [6.07, 6.45) is 0. The molecule has 0 aliphatic rings. The van der Waals surface area contributed by atoms with Gasteiger partial charge in [-0.25, -0.2) is 9.37 Å². The molecule has 2 rings (SSSR count). The van der Waals surface area contributed by atoms with E-state index >= 15 is 0 Å². The first kappa shape index (κ1) is 12.3. The van der Waals surface area contributed by atoms with Gasteiger partial charge in [0.1, 0.15) is 16.5 Å². The van der Waals surface area contributed by atoms with Crippen LogP contribution in [-0.2, 0) is 6.54 Å². The highest BCUT2D eigenvalue weighted by molar-refractivity contribution is 9.10. The van der Waals surface area contributed by atoms with Crippen LogP contribution in [0.15, 0.2) is 28.1 Å². The summed E-state index contributed by atoms with van der Waals surface area (Å²) in [6.45, 7) is 0.277. The van der Waals surface area contributed by atoms with Crippen molar-refractivity contribution >= 4 is 33.0 Å². The van der Waals surface area contributed by atoms with Crippen molar-refractivity contribution in [1.29, 1.82) is 0 Å². The number of benzene rings is 1. The minimum atomic E-state index is -0.555. The summed E-state index contributed by atoms with van der Waals surface area (Å²) in [4.78, 5) is 16.0. The molecule has 0 saturated carbocycles. The second kappa shape index (κ2) is 5.03. The van der Waals surface area contributed by atoms with Crippen LogP contribution >= 0.6 is 27.3 Å². The molecule has 1 aromatic heterocycles. The number of nitrogens with two attached hydrogens (primary N) is 1. The van der Waals surface area contributed by atoms with Gasteiger partial charge in [-0.3, -0.25) is 4.79 Å². The Labute approximate surface area is 110 Å². The Balaban J connectivity index is 2.39. The second-order valence-electron chi connectivity index (χ2n) is 3.28. The molecule has 0 aliphatic carbocycles. The lowest BCUT2D eigenvalue weighted by atomic mass is 10.1. The largest absolute Gasteiger partial charge is 0.325 e. The van der Waals surface area contributed by atoms with E-state index in [-0.39, 0.29) is 17.8 Å². The van der Waals surface area contributed by atoms with Crippen molar-refractivity contribution in [3.63, 3.8) is 0 Å². The molecule has 0 saturated heterocycles. The third-order valence-electron chi connectivity index (χ3n) is 2.13. The smallest absolute Gasteiger partial charge is 0.215 e. The predicted molar refractivity (Wildman–Crippen MR) is 67.5 cm³/mol. The van der Waals surface area contributed by atoms with Crippen molar-refractivity contribution in [2.75, 3.05) is 0 Å². The summed E-state index contributed by atoms with van der Waals surface area (Å²) in [5.41, 5.74) is 5.65. The Kier molecular flexibility index (Phi) is 3.66. The first-order chi connectivity index (χ1) is 8.11. The lowest BCUT2D eigenvalue weighted by Crippen LogP contribution is -2.05. The van der Waals surface area contributed by atoms with Crippen molar-refractivity contribution in [1.82, 2.24) is 4.98 Å². The van der Waals surface area contributed by atoms with Gasteiger partial charge < -0.3 is 5.73 Å². The lowest BCUT2D eigenvalue weighted by molar-refractivity contribution is 0.103. The molecule has 3 nitrogen and oxygen atoms in total. The average Bonchev–Trinajstić information content (AvgIpc) is 2.80. The number of halogens is 2. The highest BCUT2D eigenvalue weighted by atomic mass is 79.9. The van der Waals surface area contributed by atoms with Crippen LogP contribution in [0.1, 0.15) is 21.1 Å². The number of carbonyl (C=O) groups excluding carboxylic acids is 1. The van der Waals surface area contributed by atoms with E-state index < -0.39 is 11.6 Å². The summed E-state index contributed by atoms with van der Waals surface area (Å²) >= 11 is 4.49. The fourth-order valence-corrected chi connectivity index (χ4v) is 2.33. The Morgan fingerprint density at radius 2 is 2.29 bits per heavy atom. The molecule has 2 N–H and O–H groups in total. The molecule has 6 heteroatoms. The molecule has 0 fully saturated rings. The molecule has 0 aliphatic heterocycles. The van der Waals surface area contributed by atoms with E-state index in [1.54, 1.807) is 11.4 Å². The average molecular weight is 315 g/mol. The van der Waals surface area contributed by atoms with E-state index in [0.29, 0.717) is 9.48 Å². The third kappa shape index (κ3) is 2.59. The van der Waals surface area contributed by atoms with E-state index in [4.69, 9.17) is 5.73 Å². The van der Waals surface area contributed by atoms with Gasteiger partial charge in [0.15, 0.2) is 0 Å². The predicted octanol–water partition coefficient (Wildman–Crippen LogP) is 2.73. The standard InChI is InChI=1S/C11H8BrFN2OS/c12-6-1-2-8(13)7(3-6)11(16)9-5-17-10(4-14)15-9/h1-3,5H,4,14H2. The van der Waals surface area contributed by atoms with E-state index in [2.05, 4.69) is 20.9 Å². The van der Waals surface area contributed by atoms with Crippen LogP contribution in [0.2, 0.25) is 0 Å². The van der Waals surface area contributed by atoms with Crippen molar-refractivity contribution in [2.24, 2.45) is 5.73 Å². The van der Waals surface area contributed by atoms with Crippen LogP contribution in [0.3, 0.4) is 0 Å². The fraction of sp³-hybridized carbons (Fsp3) is 0.0909. The van der Waals surface area contributed by atoms with Gasteiger partial charge in [-0.15, -0.1) is 11.3 Å². The van der Waals surface area contributed by atoms with Crippen molar-refractivity contribution < 1.29 is 9.18 Å². The van der Waals surface area contributed by atoms with Crippen LogP contribution in [-0.4, -0.2) is 10.8 Å². The van der Waals surface area contributed by atoms with Crippen LogP contribution in [0.25, 0.3) is 0 Å². The van der Waals surface area contributed by atoms with Gasteiger partial charge in [-0.1, -0.05) is 15.9 Å². The fourth-order valence-electron chi connectivity index (χ4n) is 1.32. The Bertz CT molecular complexity index is 570. The second-order valence-corrected chi connectivity index (χ2v) is 5.14. The highest BCUT2D eigenvalue weighted by Gasteiger charge is 2.17. The molecule has 0 bridgehead atoms. The van der Waals surface area contributed by atoms with E-state index in [9.17, 15) is 9.18 Å². The minimum absolute atomic E-state index is 0.00764. The number of thiazole rings is 1. The summed E-state index contributed by atoms with van der Waals surface area (Å²) in [5.74, 6) is -0.986. The maximum absolute atomic E-state index is 13.5. The van der Waals surface area contributed by atoms with Gasteiger partial charge in [0.25, 0.3) is 0 Å². The molecule has 88 valence electrons. The topological polar surface area (TPSA) is 56.0 Å². The van der Waals surface area contributed by atoms with Crippen molar-refractivity contribution in [2.45, 2.75) is 6.54 Å². The number of carbonyl (C=O) groups is 1. The molecule has 0 atom stereocenters. The zero-order valence-corrected chi connectivity index (χ0v) is 11.0. The molecule has 0 spiro atoms. The molecule has 0 unspecified atom stereocenters. The van der Waals surface area contributed by atoms with E-state index in [1.807, 2.05) is 0 Å². The van der Waals surface area contributed by atoms with Gasteiger partial charge in [0.05, 0.1) is 5.56 Å². The van der Waals surface area contributed by atoms with Gasteiger partial charge in [0.2, 0.25) is 5.78 Å². The molecule has 17 heavy (non-hydrogen) atoms. The number of hydrogen-bond donors (Lipinski definition) is 1. The number of hydrogen-bond acceptors (Lipinski definition) is 4. The molecule has 1 heterocycles. The third-order valence-corrected chi connectivity index (χ3v) is 3.50. The van der Waals surface area contributed by atoms with Gasteiger partial charge in [0, 0.05) is 16.4 Å². The number of ketones is 1. The van der Waals surface area contributed by atoms with Crippen LogP contribution in [0.4, 0.5) is 4.39 Å². The maximum Gasteiger partial charge on any atom is 0.215 e. The molecule has 2 aromatic rings. The van der Waals surface area contributed by atoms with Crippen molar-refractivity contribution in [3.05, 3.63) is 50.1 Å². The first-order valence-corrected chi connectivity index (χ1v) is 6.43. The minimum Gasteiger partial charge on any atom is -0.325 e. The molecule has 0 amide bonds. The Hall–Kier alpha value is -1.11. The quantitative estimate of drug-likeness (QED) is 0.886. The molecular weight excluding hydrogens is 307 g/mol. The van der Waals surface area contributed by atoms with Gasteiger partial charge >= 0.3 is 0 Å². The van der Waals surface area contributed by atoms with Gasteiger partial charge in [-0.2, -0.15) is 0 Å². The number of nitrogens with zero attached hydrogens (tertiary/aromatic N) is 1. The number of rotatable bonds is 3. The summed E-state index contributed by atoms with van der Waals surface area (Å²) in [7, 11) is 0. The summed E-state index contributed by atoms with van der Waals surface area (Å²) in [5, 5.41) is 2.24. The zero-order chi connectivity index (χ0) is 12.4. The Morgan fingerprint density at radius 3 is 2.94 bits per heavy atom. The summed E-state index contributed by atoms with van der Waals surface area (Å²) in [6, 6.07) is 4.23. The van der Waals surface area contributed by atoms with E-state index in [1.165, 1.54) is 23.5 Å². The van der Waals surface area contributed by atoms with Crippen molar-refractivity contribution in [3.8, 4) is 0 Å². The normalized spacial score (nSPS) is 10.5. The molecular formula is C11H8BrFN2OS. The molecule has 0 radical (unpaired) electrons. The molecule has 1 aromatic carbocycles. The zero-order valence-electron chi connectivity index (χ0n) is 8.61. The SMILES string of the molecule is NCc1nc(C(=O)c2cc(Br)ccc2F)cs1. The van der Waals surface area contributed by atoms with E-state index in [0.717, 1.165) is 0 Å². The van der Waals surface area contributed by atoms with Crippen LogP contribution in [0, 0.1) is 5.82 Å². The number of aromatic nitrogens is 1. The first-order valence-electron chi connectivity index (χ1n) is 4.76. The van der Waals surface area contributed by atoms with Crippen LogP contribution < -0.4 is 5.73 Å². The van der Waals surface area contributed by atoms with Crippen LogP contribution in [0.5, 0.6) is 0 Å². The van der Waals surface area contributed by atoms with Gasteiger partial charge in [-0.05, 0) is 18.2 Å². The maximum atomic E-state index is 13.5.